The van der Waals surface area contributed by atoms with Gasteiger partial charge in [0.05, 0.1) is 19.8 Å². The van der Waals surface area contributed by atoms with Gasteiger partial charge in [-0.1, -0.05) is 18.2 Å². The fraction of sp³-hybridized carbons (Fsp3) is 0.200. The van der Waals surface area contributed by atoms with Gasteiger partial charge in [-0.2, -0.15) is 0 Å². The SMILES string of the molecule is COc1cccc(C(=O)NCC(=O)OCC(=O)NC(=O)c2ccccc2OC)c1. The Morgan fingerprint density at radius 2 is 1.66 bits per heavy atom. The molecule has 0 unspecified atom stereocenters. The minimum atomic E-state index is -0.832. The molecule has 0 saturated carbocycles. The maximum absolute atomic E-state index is 12.1. The summed E-state index contributed by atoms with van der Waals surface area (Å²) in [4.78, 5) is 47.6. The molecule has 0 fully saturated rings. The van der Waals surface area contributed by atoms with E-state index in [0.717, 1.165) is 0 Å². The summed E-state index contributed by atoms with van der Waals surface area (Å²) in [7, 11) is 2.87. The zero-order chi connectivity index (χ0) is 21.2. The fourth-order valence-electron chi connectivity index (χ4n) is 2.28. The summed E-state index contributed by atoms with van der Waals surface area (Å²) in [5.74, 6) is -2.03. The van der Waals surface area contributed by atoms with E-state index in [1.54, 1.807) is 36.4 Å². The molecule has 2 N–H and O–H groups in total. The Morgan fingerprint density at radius 3 is 2.38 bits per heavy atom. The van der Waals surface area contributed by atoms with Crippen LogP contribution in [0.4, 0.5) is 0 Å². The molecule has 2 aromatic rings. The van der Waals surface area contributed by atoms with Gasteiger partial charge in [0.2, 0.25) is 0 Å². The maximum atomic E-state index is 12.1. The van der Waals surface area contributed by atoms with E-state index in [0.29, 0.717) is 17.1 Å². The van der Waals surface area contributed by atoms with Gasteiger partial charge in [0.1, 0.15) is 18.0 Å². The van der Waals surface area contributed by atoms with Crippen LogP contribution < -0.4 is 20.1 Å². The molecule has 9 heteroatoms. The van der Waals surface area contributed by atoms with Crippen molar-refractivity contribution in [2.24, 2.45) is 0 Å². The number of nitrogens with one attached hydrogen (secondary N) is 2. The number of carbonyl (C=O) groups excluding carboxylic acids is 4. The number of methoxy groups -OCH3 is 2. The van der Waals surface area contributed by atoms with Crippen molar-refractivity contribution < 1.29 is 33.4 Å². The predicted molar refractivity (Wildman–Crippen MR) is 102 cm³/mol. The average molecular weight is 400 g/mol. The summed E-state index contributed by atoms with van der Waals surface area (Å²) >= 11 is 0. The average Bonchev–Trinajstić information content (AvgIpc) is 2.75. The molecular formula is C20H20N2O7. The molecule has 0 saturated heterocycles. The van der Waals surface area contributed by atoms with Crippen LogP contribution in [0.5, 0.6) is 11.5 Å². The Hall–Kier alpha value is -3.88. The number of benzene rings is 2. The first kappa shape index (κ1) is 21.4. The third-order valence-electron chi connectivity index (χ3n) is 3.69. The lowest BCUT2D eigenvalue weighted by molar-refractivity contribution is -0.147. The Kier molecular flexibility index (Phi) is 7.72. The summed E-state index contributed by atoms with van der Waals surface area (Å²) in [6.45, 7) is -1.11. The molecule has 0 aliphatic carbocycles. The number of ether oxygens (including phenoxy) is 3. The van der Waals surface area contributed by atoms with Gasteiger partial charge in [-0.05, 0) is 30.3 Å². The smallest absolute Gasteiger partial charge is 0.325 e. The largest absolute Gasteiger partial charge is 0.497 e. The molecule has 0 atom stereocenters. The van der Waals surface area contributed by atoms with Crippen molar-refractivity contribution in [2.75, 3.05) is 27.4 Å². The Labute approximate surface area is 166 Å². The lowest BCUT2D eigenvalue weighted by atomic mass is 10.2. The third kappa shape index (κ3) is 6.35. The van der Waals surface area contributed by atoms with Crippen molar-refractivity contribution in [3.63, 3.8) is 0 Å². The summed E-state index contributed by atoms with van der Waals surface area (Å²) in [6, 6.07) is 12.7. The van der Waals surface area contributed by atoms with Crippen LogP contribution >= 0.6 is 0 Å². The van der Waals surface area contributed by atoms with E-state index in [4.69, 9.17) is 14.2 Å². The zero-order valence-corrected chi connectivity index (χ0v) is 15.9. The number of hydrogen-bond donors (Lipinski definition) is 2. The van der Waals surface area contributed by atoms with E-state index < -0.39 is 36.8 Å². The molecule has 0 radical (unpaired) electrons. The van der Waals surface area contributed by atoms with Crippen LogP contribution in [0.25, 0.3) is 0 Å². The van der Waals surface area contributed by atoms with Crippen molar-refractivity contribution in [2.45, 2.75) is 0 Å². The Balaban J connectivity index is 1.77. The normalized spacial score (nSPS) is 9.86. The summed E-state index contributed by atoms with van der Waals surface area (Å²) in [6.07, 6.45) is 0. The maximum Gasteiger partial charge on any atom is 0.325 e. The molecule has 0 aliphatic heterocycles. The van der Waals surface area contributed by atoms with Crippen LogP contribution in [0.3, 0.4) is 0 Å². The highest BCUT2D eigenvalue weighted by atomic mass is 16.5. The van der Waals surface area contributed by atoms with Crippen molar-refractivity contribution in [1.29, 1.82) is 0 Å². The molecule has 152 valence electrons. The van der Waals surface area contributed by atoms with Gasteiger partial charge in [0.25, 0.3) is 17.7 Å². The molecule has 0 spiro atoms. The first-order valence-corrected chi connectivity index (χ1v) is 8.49. The Morgan fingerprint density at radius 1 is 0.897 bits per heavy atom. The standard InChI is InChI=1S/C20H20N2O7/c1-27-14-7-5-6-13(10-14)19(25)21-11-18(24)29-12-17(23)22-20(26)15-8-3-4-9-16(15)28-2/h3-10H,11-12H2,1-2H3,(H,21,25)(H,22,23,26). The van der Waals surface area contributed by atoms with Crippen LogP contribution in [0.1, 0.15) is 20.7 Å². The molecule has 9 nitrogen and oxygen atoms in total. The number of hydrogen-bond acceptors (Lipinski definition) is 7. The zero-order valence-electron chi connectivity index (χ0n) is 15.9. The first-order chi connectivity index (χ1) is 13.9. The van der Waals surface area contributed by atoms with Gasteiger partial charge in [-0.15, -0.1) is 0 Å². The molecule has 2 rings (SSSR count). The molecule has 0 aromatic heterocycles. The number of carbonyl (C=O) groups is 4. The van der Waals surface area contributed by atoms with E-state index in [2.05, 4.69) is 10.6 Å². The molecule has 2 aromatic carbocycles. The van der Waals surface area contributed by atoms with Crippen LogP contribution in [0, 0.1) is 0 Å². The summed E-state index contributed by atoms with van der Waals surface area (Å²) in [5.41, 5.74) is 0.470. The number of rotatable bonds is 8. The second-order valence-electron chi connectivity index (χ2n) is 5.65. The topological polar surface area (TPSA) is 120 Å². The lowest BCUT2D eigenvalue weighted by Crippen LogP contribution is -2.36. The third-order valence-corrected chi connectivity index (χ3v) is 3.69. The van der Waals surface area contributed by atoms with Crippen molar-refractivity contribution in [1.82, 2.24) is 10.6 Å². The predicted octanol–water partition coefficient (Wildman–Crippen LogP) is 0.933. The molecule has 29 heavy (non-hydrogen) atoms. The number of amides is 3. The summed E-state index contributed by atoms with van der Waals surface area (Å²) in [5, 5.41) is 4.46. The van der Waals surface area contributed by atoms with Crippen LogP contribution in [0.2, 0.25) is 0 Å². The monoisotopic (exact) mass is 400 g/mol. The van der Waals surface area contributed by atoms with Gasteiger partial charge in [0.15, 0.2) is 6.61 Å². The van der Waals surface area contributed by atoms with E-state index in [-0.39, 0.29) is 5.56 Å². The minimum absolute atomic E-state index is 0.167. The highest BCUT2D eigenvalue weighted by Gasteiger charge is 2.16. The molecule has 0 aliphatic rings. The number of imide groups is 1. The second kappa shape index (κ2) is 10.5. The van der Waals surface area contributed by atoms with Gasteiger partial charge >= 0.3 is 5.97 Å². The van der Waals surface area contributed by atoms with Gasteiger partial charge in [0, 0.05) is 5.56 Å². The molecule has 0 bridgehead atoms. The van der Waals surface area contributed by atoms with E-state index in [1.807, 2.05) is 0 Å². The van der Waals surface area contributed by atoms with E-state index in [1.165, 1.54) is 26.4 Å². The van der Waals surface area contributed by atoms with Crippen LogP contribution in [-0.2, 0) is 14.3 Å². The van der Waals surface area contributed by atoms with E-state index in [9.17, 15) is 19.2 Å². The van der Waals surface area contributed by atoms with Crippen molar-refractivity contribution >= 4 is 23.7 Å². The molecule has 3 amide bonds. The van der Waals surface area contributed by atoms with Gasteiger partial charge in [-0.3, -0.25) is 24.5 Å². The first-order valence-electron chi connectivity index (χ1n) is 8.49. The van der Waals surface area contributed by atoms with Crippen molar-refractivity contribution in [3.05, 3.63) is 59.7 Å². The number of esters is 1. The highest BCUT2D eigenvalue weighted by molar-refractivity contribution is 6.06. The van der Waals surface area contributed by atoms with Crippen LogP contribution in [0.15, 0.2) is 48.5 Å². The molecular weight excluding hydrogens is 380 g/mol. The second-order valence-corrected chi connectivity index (χ2v) is 5.65. The van der Waals surface area contributed by atoms with E-state index >= 15 is 0 Å². The number of para-hydroxylation sites is 1. The summed E-state index contributed by atoms with van der Waals surface area (Å²) < 4.78 is 14.8. The Bertz CT molecular complexity index is 911. The quantitative estimate of drug-likeness (QED) is 0.633. The highest BCUT2D eigenvalue weighted by Crippen LogP contribution is 2.16. The lowest BCUT2D eigenvalue weighted by Gasteiger charge is -2.09. The van der Waals surface area contributed by atoms with Crippen LogP contribution in [-0.4, -0.2) is 51.1 Å². The van der Waals surface area contributed by atoms with Gasteiger partial charge < -0.3 is 19.5 Å². The fourth-order valence-corrected chi connectivity index (χ4v) is 2.28. The van der Waals surface area contributed by atoms with Crippen molar-refractivity contribution in [3.8, 4) is 11.5 Å². The molecule has 0 heterocycles. The van der Waals surface area contributed by atoms with Gasteiger partial charge in [-0.25, -0.2) is 0 Å². The minimum Gasteiger partial charge on any atom is -0.497 e.